The molecule has 1 aromatic rings. The van der Waals surface area contributed by atoms with Crippen LogP contribution in [0.25, 0.3) is 0 Å². The maximum absolute atomic E-state index is 3.77. The summed E-state index contributed by atoms with van der Waals surface area (Å²) >= 11 is 0. The third-order valence-electron chi connectivity index (χ3n) is 4.88. The van der Waals surface area contributed by atoms with Crippen molar-refractivity contribution in [2.45, 2.75) is 65.3 Å². The summed E-state index contributed by atoms with van der Waals surface area (Å²) < 4.78 is 0. The van der Waals surface area contributed by atoms with E-state index in [-0.39, 0.29) is 0 Å². The number of rotatable bonds is 6. The van der Waals surface area contributed by atoms with Crippen LogP contribution in [0.2, 0.25) is 0 Å². The summed E-state index contributed by atoms with van der Waals surface area (Å²) in [6, 6.07) is 9.53. The third kappa shape index (κ3) is 4.63. The van der Waals surface area contributed by atoms with Crippen molar-refractivity contribution < 1.29 is 0 Å². The standard InChI is InChI=1S/C19H31N/c1-4-19(18-10-8-15(2)9-11-18)20-13-12-17-7-5-6-16(3)14-17/h8-11,16-17,19-20H,4-7,12-14H2,1-3H3. The summed E-state index contributed by atoms with van der Waals surface area (Å²) in [5.74, 6) is 1.91. The van der Waals surface area contributed by atoms with Crippen molar-refractivity contribution in [3.63, 3.8) is 0 Å². The monoisotopic (exact) mass is 273 g/mol. The predicted octanol–water partition coefficient (Wildman–Crippen LogP) is 5.25. The molecule has 0 heterocycles. The first-order chi connectivity index (χ1) is 9.69. The van der Waals surface area contributed by atoms with E-state index in [9.17, 15) is 0 Å². The second-order valence-corrected chi connectivity index (χ2v) is 6.75. The minimum absolute atomic E-state index is 0.525. The highest BCUT2D eigenvalue weighted by atomic mass is 14.9. The minimum Gasteiger partial charge on any atom is -0.310 e. The van der Waals surface area contributed by atoms with Gasteiger partial charge in [0.15, 0.2) is 0 Å². The highest BCUT2D eigenvalue weighted by molar-refractivity contribution is 5.24. The number of benzene rings is 1. The molecule has 0 aromatic heterocycles. The summed E-state index contributed by atoms with van der Waals surface area (Å²) in [6.45, 7) is 8.02. The maximum Gasteiger partial charge on any atom is 0.0317 e. The molecule has 1 heteroatoms. The van der Waals surface area contributed by atoms with Crippen LogP contribution in [0.15, 0.2) is 24.3 Å². The Hall–Kier alpha value is -0.820. The van der Waals surface area contributed by atoms with Gasteiger partial charge in [-0.3, -0.25) is 0 Å². The van der Waals surface area contributed by atoms with Crippen LogP contribution in [0.1, 0.15) is 69.5 Å². The van der Waals surface area contributed by atoms with Crippen molar-refractivity contribution in [3.05, 3.63) is 35.4 Å². The predicted molar refractivity (Wildman–Crippen MR) is 88.0 cm³/mol. The van der Waals surface area contributed by atoms with Crippen molar-refractivity contribution in [3.8, 4) is 0 Å². The minimum atomic E-state index is 0.525. The first-order valence-corrected chi connectivity index (χ1v) is 8.49. The van der Waals surface area contributed by atoms with Crippen molar-refractivity contribution in [2.24, 2.45) is 11.8 Å². The molecule has 0 amide bonds. The summed E-state index contributed by atoms with van der Waals surface area (Å²) in [5, 5.41) is 3.77. The van der Waals surface area contributed by atoms with Gasteiger partial charge in [0.1, 0.15) is 0 Å². The van der Waals surface area contributed by atoms with Crippen molar-refractivity contribution in [1.82, 2.24) is 5.32 Å². The van der Waals surface area contributed by atoms with Crippen LogP contribution in [0, 0.1) is 18.8 Å². The smallest absolute Gasteiger partial charge is 0.0317 e. The van der Waals surface area contributed by atoms with Crippen LogP contribution < -0.4 is 5.32 Å². The lowest BCUT2D eigenvalue weighted by molar-refractivity contribution is 0.264. The normalized spacial score (nSPS) is 24.6. The van der Waals surface area contributed by atoms with Gasteiger partial charge in [-0.1, -0.05) is 62.9 Å². The molecule has 1 nitrogen and oxygen atoms in total. The van der Waals surface area contributed by atoms with Crippen molar-refractivity contribution in [2.75, 3.05) is 6.54 Å². The van der Waals surface area contributed by atoms with E-state index in [1.807, 2.05) is 0 Å². The Kier molecular flexibility index (Phi) is 6.09. The molecule has 20 heavy (non-hydrogen) atoms. The van der Waals surface area contributed by atoms with Crippen LogP contribution in [0.5, 0.6) is 0 Å². The molecule has 0 aliphatic heterocycles. The number of aryl methyl sites for hydroxylation is 1. The Bertz CT molecular complexity index is 381. The zero-order valence-electron chi connectivity index (χ0n) is 13.5. The lowest BCUT2D eigenvalue weighted by atomic mass is 9.81. The molecule has 112 valence electrons. The molecule has 0 saturated heterocycles. The molecule has 0 radical (unpaired) electrons. The van der Waals surface area contributed by atoms with Crippen LogP contribution in [-0.2, 0) is 0 Å². The summed E-state index contributed by atoms with van der Waals surface area (Å²) in [7, 11) is 0. The summed E-state index contributed by atoms with van der Waals surface area (Å²) in [4.78, 5) is 0. The summed E-state index contributed by atoms with van der Waals surface area (Å²) in [5.41, 5.74) is 2.79. The molecule has 1 aromatic carbocycles. The molecule has 0 bridgehead atoms. The lowest BCUT2D eigenvalue weighted by Gasteiger charge is -2.27. The molecular formula is C19H31N. The molecule has 1 fully saturated rings. The van der Waals surface area contributed by atoms with Gasteiger partial charge in [0.2, 0.25) is 0 Å². The lowest BCUT2D eigenvalue weighted by Crippen LogP contribution is -2.25. The molecule has 1 aliphatic carbocycles. The van der Waals surface area contributed by atoms with Crippen molar-refractivity contribution >= 4 is 0 Å². The van der Waals surface area contributed by atoms with Gasteiger partial charge < -0.3 is 5.32 Å². The first-order valence-electron chi connectivity index (χ1n) is 8.49. The van der Waals surface area contributed by atoms with E-state index in [0.29, 0.717) is 6.04 Å². The zero-order chi connectivity index (χ0) is 14.4. The van der Waals surface area contributed by atoms with Gasteiger partial charge in [-0.15, -0.1) is 0 Å². The number of hydrogen-bond donors (Lipinski definition) is 1. The van der Waals surface area contributed by atoms with Crippen LogP contribution in [0.4, 0.5) is 0 Å². The molecule has 2 rings (SSSR count). The molecule has 0 spiro atoms. The van der Waals surface area contributed by atoms with Gasteiger partial charge in [-0.25, -0.2) is 0 Å². The van der Waals surface area contributed by atoms with E-state index in [2.05, 4.69) is 50.4 Å². The van der Waals surface area contributed by atoms with Gasteiger partial charge in [-0.2, -0.15) is 0 Å². The highest BCUT2D eigenvalue weighted by Crippen LogP contribution is 2.30. The van der Waals surface area contributed by atoms with Gasteiger partial charge in [0.05, 0.1) is 0 Å². The molecule has 1 N–H and O–H groups in total. The topological polar surface area (TPSA) is 12.0 Å². The van der Waals surface area contributed by atoms with E-state index in [1.165, 1.54) is 56.2 Å². The average Bonchev–Trinajstić information content (AvgIpc) is 2.45. The van der Waals surface area contributed by atoms with E-state index in [4.69, 9.17) is 0 Å². The van der Waals surface area contributed by atoms with Gasteiger partial charge >= 0.3 is 0 Å². The van der Waals surface area contributed by atoms with E-state index in [0.717, 1.165) is 11.8 Å². The number of hydrogen-bond acceptors (Lipinski definition) is 1. The van der Waals surface area contributed by atoms with Gasteiger partial charge in [0, 0.05) is 6.04 Å². The Labute approximate surface area is 125 Å². The fourth-order valence-corrected chi connectivity index (χ4v) is 3.58. The molecule has 1 aliphatic rings. The largest absolute Gasteiger partial charge is 0.310 e. The molecule has 3 atom stereocenters. The Morgan fingerprint density at radius 1 is 1.20 bits per heavy atom. The molecule has 3 unspecified atom stereocenters. The summed E-state index contributed by atoms with van der Waals surface area (Å²) in [6.07, 6.45) is 8.32. The Morgan fingerprint density at radius 2 is 1.95 bits per heavy atom. The van der Waals surface area contributed by atoms with Crippen LogP contribution in [-0.4, -0.2) is 6.54 Å². The second kappa shape index (κ2) is 7.83. The van der Waals surface area contributed by atoms with E-state index in [1.54, 1.807) is 0 Å². The average molecular weight is 273 g/mol. The van der Waals surface area contributed by atoms with E-state index < -0.39 is 0 Å². The van der Waals surface area contributed by atoms with Crippen molar-refractivity contribution in [1.29, 1.82) is 0 Å². The fourth-order valence-electron chi connectivity index (χ4n) is 3.58. The molecule has 1 saturated carbocycles. The zero-order valence-corrected chi connectivity index (χ0v) is 13.5. The van der Waals surface area contributed by atoms with E-state index >= 15 is 0 Å². The molecular weight excluding hydrogens is 242 g/mol. The highest BCUT2D eigenvalue weighted by Gasteiger charge is 2.18. The quantitative estimate of drug-likeness (QED) is 0.746. The second-order valence-electron chi connectivity index (χ2n) is 6.75. The Balaban J connectivity index is 1.77. The maximum atomic E-state index is 3.77. The third-order valence-corrected chi connectivity index (χ3v) is 4.88. The SMILES string of the molecule is CCC(NCCC1CCCC(C)C1)c1ccc(C)cc1. The fraction of sp³-hybridized carbons (Fsp3) is 0.684. The van der Waals surface area contributed by atoms with Crippen LogP contribution >= 0.6 is 0 Å². The first kappa shape index (κ1) is 15.6. The van der Waals surface area contributed by atoms with Crippen LogP contribution in [0.3, 0.4) is 0 Å². The van der Waals surface area contributed by atoms with Gasteiger partial charge in [-0.05, 0) is 50.1 Å². The number of nitrogens with one attached hydrogen (secondary N) is 1. The van der Waals surface area contributed by atoms with Gasteiger partial charge in [0.25, 0.3) is 0 Å². The Morgan fingerprint density at radius 3 is 2.60 bits per heavy atom.